The van der Waals surface area contributed by atoms with Crippen LogP contribution in [0.5, 0.6) is 11.5 Å². The van der Waals surface area contributed by atoms with Crippen LogP contribution in [0.25, 0.3) is 0 Å². The van der Waals surface area contributed by atoms with Crippen molar-refractivity contribution in [3.05, 3.63) is 41.2 Å². The molecule has 0 saturated carbocycles. The number of nitrogens with one attached hydrogen (secondary N) is 1. The normalized spacial score (nSPS) is 14.7. The van der Waals surface area contributed by atoms with Gasteiger partial charge in [-0.3, -0.25) is 10.1 Å². The van der Waals surface area contributed by atoms with E-state index in [1.54, 1.807) is 6.07 Å². The lowest BCUT2D eigenvalue weighted by atomic mass is 10.0. The van der Waals surface area contributed by atoms with Crippen molar-refractivity contribution in [3.63, 3.8) is 0 Å². The second-order valence-electron chi connectivity index (χ2n) is 6.59. The van der Waals surface area contributed by atoms with Crippen molar-refractivity contribution in [1.29, 1.82) is 0 Å². The lowest BCUT2D eigenvalue weighted by molar-refractivity contribution is -0.118. The molecule has 1 aromatic heterocycles. The maximum absolute atomic E-state index is 12.1. The number of carbonyl (C=O) groups is 1. The first-order chi connectivity index (χ1) is 11.3. The average Bonchev–Trinajstić information content (AvgIpc) is 2.78. The molecule has 2 aromatic rings. The van der Waals surface area contributed by atoms with Crippen molar-refractivity contribution in [2.24, 2.45) is 0 Å². The summed E-state index contributed by atoms with van der Waals surface area (Å²) in [5.74, 6) is 1.28. The van der Waals surface area contributed by atoms with E-state index in [-0.39, 0.29) is 24.1 Å². The fourth-order valence-electron chi connectivity index (χ4n) is 2.79. The van der Waals surface area contributed by atoms with Gasteiger partial charge in [0.2, 0.25) is 5.95 Å². The molecule has 24 heavy (non-hydrogen) atoms. The summed E-state index contributed by atoms with van der Waals surface area (Å²) >= 11 is 0. The van der Waals surface area contributed by atoms with Crippen molar-refractivity contribution in [3.8, 4) is 11.5 Å². The zero-order chi connectivity index (χ0) is 17.3. The van der Waals surface area contributed by atoms with Crippen LogP contribution in [-0.4, -0.2) is 28.1 Å². The predicted octanol–water partition coefficient (Wildman–Crippen LogP) is 2.82. The summed E-state index contributed by atoms with van der Waals surface area (Å²) in [4.78, 5) is 20.4. The number of carbonyl (C=O) groups excluding carboxylic acids is 1. The monoisotopic (exact) mass is 327 g/mol. The topological polar surface area (TPSA) is 73.3 Å². The number of anilines is 1. The lowest BCUT2D eigenvalue weighted by Gasteiger charge is -2.18. The smallest absolute Gasteiger partial charge is 0.264 e. The standard InChI is InChI=1S/C18H21N3O3/c1-11-8-12(2)20-17(19-11)21-15(22)10-23-14-7-5-6-13-9-18(3,4)24-16(13)14/h5-8H,9-10H2,1-4H3,(H,19,20,21,22). The number of hydrogen-bond acceptors (Lipinski definition) is 5. The molecule has 1 aromatic carbocycles. The Bertz CT molecular complexity index is 767. The molecule has 0 atom stereocenters. The van der Waals surface area contributed by atoms with E-state index in [2.05, 4.69) is 15.3 Å². The van der Waals surface area contributed by atoms with E-state index in [1.807, 2.05) is 45.9 Å². The molecule has 3 rings (SSSR count). The third-order valence-corrected chi connectivity index (χ3v) is 3.65. The first-order valence-electron chi connectivity index (χ1n) is 7.88. The first kappa shape index (κ1) is 16.2. The minimum Gasteiger partial charge on any atom is -0.483 e. The third kappa shape index (κ3) is 3.64. The molecule has 1 aliphatic rings. The number of benzene rings is 1. The van der Waals surface area contributed by atoms with Gasteiger partial charge in [0.15, 0.2) is 18.1 Å². The molecule has 2 heterocycles. The van der Waals surface area contributed by atoms with Crippen molar-refractivity contribution >= 4 is 11.9 Å². The van der Waals surface area contributed by atoms with Gasteiger partial charge in [-0.25, -0.2) is 9.97 Å². The van der Waals surface area contributed by atoms with Gasteiger partial charge < -0.3 is 9.47 Å². The highest BCUT2D eigenvalue weighted by molar-refractivity contribution is 5.90. The molecule has 1 amide bonds. The van der Waals surface area contributed by atoms with Crippen molar-refractivity contribution in [1.82, 2.24) is 9.97 Å². The van der Waals surface area contributed by atoms with Gasteiger partial charge in [0.25, 0.3) is 5.91 Å². The summed E-state index contributed by atoms with van der Waals surface area (Å²) < 4.78 is 11.6. The van der Waals surface area contributed by atoms with Crippen molar-refractivity contribution in [2.75, 3.05) is 11.9 Å². The number of rotatable bonds is 4. The van der Waals surface area contributed by atoms with Gasteiger partial charge in [0, 0.05) is 23.4 Å². The third-order valence-electron chi connectivity index (χ3n) is 3.65. The molecule has 6 nitrogen and oxygen atoms in total. The van der Waals surface area contributed by atoms with E-state index < -0.39 is 0 Å². The number of fused-ring (bicyclic) bond motifs is 1. The van der Waals surface area contributed by atoms with E-state index in [4.69, 9.17) is 9.47 Å². The number of aromatic nitrogens is 2. The van der Waals surface area contributed by atoms with Crippen LogP contribution in [0.3, 0.4) is 0 Å². The Hall–Kier alpha value is -2.63. The Morgan fingerprint density at radius 3 is 2.71 bits per heavy atom. The molecule has 0 spiro atoms. The molecule has 0 unspecified atom stereocenters. The zero-order valence-electron chi connectivity index (χ0n) is 14.3. The molecule has 126 valence electrons. The lowest BCUT2D eigenvalue weighted by Crippen LogP contribution is -2.25. The fraction of sp³-hybridized carbons (Fsp3) is 0.389. The summed E-state index contributed by atoms with van der Waals surface area (Å²) in [6.45, 7) is 7.64. The van der Waals surface area contributed by atoms with Gasteiger partial charge in [-0.1, -0.05) is 12.1 Å². The van der Waals surface area contributed by atoms with Gasteiger partial charge in [0.05, 0.1) is 0 Å². The zero-order valence-corrected chi connectivity index (χ0v) is 14.3. The molecular formula is C18H21N3O3. The highest BCUT2D eigenvalue weighted by atomic mass is 16.5. The number of para-hydroxylation sites is 1. The highest BCUT2D eigenvalue weighted by Gasteiger charge is 2.32. The van der Waals surface area contributed by atoms with Crippen LogP contribution < -0.4 is 14.8 Å². The van der Waals surface area contributed by atoms with Crippen LogP contribution in [-0.2, 0) is 11.2 Å². The summed E-state index contributed by atoms with van der Waals surface area (Å²) in [6, 6.07) is 7.57. The second kappa shape index (κ2) is 6.11. The van der Waals surface area contributed by atoms with E-state index >= 15 is 0 Å². The van der Waals surface area contributed by atoms with Crippen LogP contribution in [0.2, 0.25) is 0 Å². The Balaban J connectivity index is 1.65. The summed E-state index contributed by atoms with van der Waals surface area (Å²) in [7, 11) is 0. The molecule has 1 N–H and O–H groups in total. The molecule has 0 fully saturated rings. The summed E-state index contributed by atoms with van der Waals surface area (Å²) in [6.07, 6.45) is 0.822. The Labute approximate surface area is 141 Å². The summed E-state index contributed by atoms with van der Waals surface area (Å²) in [5, 5.41) is 2.65. The van der Waals surface area contributed by atoms with Gasteiger partial charge in [0.1, 0.15) is 5.60 Å². The van der Waals surface area contributed by atoms with Crippen LogP contribution in [0, 0.1) is 13.8 Å². The minimum absolute atomic E-state index is 0.128. The van der Waals surface area contributed by atoms with E-state index in [0.29, 0.717) is 5.75 Å². The minimum atomic E-state index is -0.310. The molecule has 0 radical (unpaired) electrons. The Morgan fingerprint density at radius 2 is 2.00 bits per heavy atom. The largest absolute Gasteiger partial charge is 0.483 e. The predicted molar refractivity (Wildman–Crippen MR) is 90.5 cm³/mol. The van der Waals surface area contributed by atoms with Gasteiger partial charge >= 0.3 is 0 Å². The number of nitrogens with zero attached hydrogens (tertiary/aromatic N) is 2. The Kier molecular flexibility index (Phi) is 4.13. The van der Waals surface area contributed by atoms with Gasteiger partial charge in [-0.15, -0.1) is 0 Å². The SMILES string of the molecule is Cc1cc(C)nc(NC(=O)COc2cccc3c2OC(C)(C)C3)n1. The molecule has 0 bridgehead atoms. The number of amides is 1. The second-order valence-corrected chi connectivity index (χ2v) is 6.59. The van der Waals surface area contributed by atoms with E-state index in [0.717, 1.165) is 29.1 Å². The molecular weight excluding hydrogens is 306 g/mol. The van der Waals surface area contributed by atoms with E-state index in [9.17, 15) is 4.79 Å². The number of aryl methyl sites for hydroxylation is 2. The number of ether oxygens (including phenoxy) is 2. The van der Waals surface area contributed by atoms with Crippen molar-refractivity contribution < 1.29 is 14.3 Å². The Morgan fingerprint density at radius 1 is 1.29 bits per heavy atom. The molecule has 0 aliphatic carbocycles. The van der Waals surface area contributed by atoms with Crippen molar-refractivity contribution in [2.45, 2.75) is 39.7 Å². The quantitative estimate of drug-likeness (QED) is 0.935. The van der Waals surface area contributed by atoms with Crippen LogP contribution >= 0.6 is 0 Å². The maximum atomic E-state index is 12.1. The molecule has 0 saturated heterocycles. The van der Waals surface area contributed by atoms with Crippen LogP contribution in [0.4, 0.5) is 5.95 Å². The van der Waals surface area contributed by atoms with Crippen LogP contribution in [0.15, 0.2) is 24.3 Å². The van der Waals surface area contributed by atoms with Gasteiger partial charge in [-0.2, -0.15) is 0 Å². The summed E-state index contributed by atoms with van der Waals surface area (Å²) in [5.41, 5.74) is 2.44. The van der Waals surface area contributed by atoms with E-state index in [1.165, 1.54) is 0 Å². The molecule has 1 aliphatic heterocycles. The first-order valence-corrected chi connectivity index (χ1v) is 7.88. The van der Waals surface area contributed by atoms with Crippen LogP contribution in [0.1, 0.15) is 30.8 Å². The average molecular weight is 327 g/mol. The highest BCUT2D eigenvalue weighted by Crippen LogP contribution is 2.41. The van der Waals surface area contributed by atoms with Gasteiger partial charge in [-0.05, 0) is 39.8 Å². The molecule has 6 heteroatoms. The number of hydrogen-bond donors (Lipinski definition) is 1. The maximum Gasteiger partial charge on any atom is 0.264 e. The fourth-order valence-corrected chi connectivity index (χ4v) is 2.79.